The minimum absolute atomic E-state index is 0. The van der Waals surface area contributed by atoms with Gasteiger partial charge in [-0.15, -0.1) is 17.5 Å². The predicted molar refractivity (Wildman–Crippen MR) is 109 cm³/mol. The Hall–Kier alpha value is -2.42. The van der Waals surface area contributed by atoms with Crippen LogP contribution in [0.25, 0.3) is 11.3 Å². The van der Waals surface area contributed by atoms with E-state index in [1.165, 1.54) is 0 Å². The zero-order valence-electron chi connectivity index (χ0n) is 16.0. The summed E-state index contributed by atoms with van der Waals surface area (Å²) in [6, 6.07) is 15.9. The maximum absolute atomic E-state index is 12.8. The van der Waals surface area contributed by atoms with Crippen molar-refractivity contribution in [2.45, 2.75) is 31.3 Å². The lowest BCUT2D eigenvalue weighted by atomic mass is 10.1. The SMILES string of the molecule is Cl.FC(F)(F)c1ccc(CN2C[C@@H]3[C@@H](C2)NCc2c(-c4ccccc4)nnn23)cc1. The summed E-state index contributed by atoms with van der Waals surface area (Å²) in [7, 11) is 0. The maximum Gasteiger partial charge on any atom is 0.416 e. The van der Waals surface area contributed by atoms with E-state index < -0.39 is 11.7 Å². The molecule has 0 amide bonds. The van der Waals surface area contributed by atoms with Crippen LogP contribution in [0.1, 0.15) is 22.9 Å². The minimum Gasteiger partial charge on any atom is -0.305 e. The highest BCUT2D eigenvalue weighted by molar-refractivity contribution is 5.85. The molecule has 30 heavy (non-hydrogen) atoms. The summed E-state index contributed by atoms with van der Waals surface area (Å²) in [6.45, 7) is 2.92. The molecule has 0 aliphatic carbocycles. The summed E-state index contributed by atoms with van der Waals surface area (Å²) in [5, 5.41) is 12.4. The Bertz CT molecular complexity index is 1000. The number of nitrogens with zero attached hydrogens (tertiary/aromatic N) is 4. The second kappa shape index (κ2) is 8.02. The topological polar surface area (TPSA) is 46.0 Å². The lowest BCUT2D eigenvalue weighted by Gasteiger charge is -2.27. The lowest BCUT2D eigenvalue weighted by molar-refractivity contribution is -0.137. The van der Waals surface area contributed by atoms with Crippen molar-refractivity contribution in [3.63, 3.8) is 0 Å². The number of likely N-dealkylation sites (tertiary alicyclic amines) is 1. The molecule has 3 aromatic rings. The zero-order chi connectivity index (χ0) is 20.0. The summed E-state index contributed by atoms with van der Waals surface area (Å²) in [5.41, 5.74) is 3.29. The average molecular weight is 436 g/mol. The monoisotopic (exact) mass is 435 g/mol. The summed E-state index contributed by atoms with van der Waals surface area (Å²) < 4.78 is 40.3. The first-order chi connectivity index (χ1) is 14.0. The Morgan fingerprint density at radius 2 is 1.73 bits per heavy atom. The second-order valence-corrected chi connectivity index (χ2v) is 7.64. The molecule has 1 aromatic heterocycles. The van der Waals surface area contributed by atoms with Gasteiger partial charge in [-0.25, -0.2) is 4.68 Å². The summed E-state index contributed by atoms with van der Waals surface area (Å²) >= 11 is 0. The molecule has 2 aromatic carbocycles. The molecular weight excluding hydrogens is 415 g/mol. The van der Waals surface area contributed by atoms with Gasteiger partial charge >= 0.3 is 6.18 Å². The molecule has 0 unspecified atom stereocenters. The van der Waals surface area contributed by atoms with Crippen LogP contribution in [0, 0.1) is 0 Å². The van der Waals surface area contributed by atoms with Gasteiger partial charge in [-0.3, -0.25) is 4.90 Å². The number of rotatable bonds is 3. The van der Waals surface area contributed by atoms with Gasteiger partial charge in [-0.05, 0) is 17.7 Å². The van der Waals surface area contributed by atoms with Crippen molar-refractivity contribution < 1.29 is 13.2 Å². The molecule has 1 saturated heterocycles. The van der Waals surface area contributed by atoms with Crippen LogP contribution in [0.5, 0.6) is 0 Å². The first kappa shape index (κ1) is 20.8. The van der Waals surface area contributed by atoms with E-state index in [2.05, 4.69) is 20.5 Å². The fourth-order valence-electron chi connectivity index (χ4n) is 4.29. The van der Waals surface area contributed by atoms with Gasteiger partial charge in [0.2, 0.25) is 0 Å². The van der Waals surface area contributed by atoms with E-state index in [-0.39, 0.29) is 24.5 Å². The van der Waals surface area contributed by atoms with Crippen LogP contribution in [-0.2, 0) is 19.3 Å². The summed E-state index contributed by atoms with van der Waals surface area (Å²) in [4.78, 5) is 2.25. The van der Waals surface area contributed by atoms with Gasteiger partial charge in [-0.1, -0.05) is 47.7 Å². The van der Waals surface area contributed by atoms with E-state index in [1.54, 1.807) is 12.1 Å². The quantitative estimate of drug-likeness (QED) is 0.677. The van der Waals surface area contributed by atoms with Crippen molar-refractivity contribution in [1.82, 2.24) is 25.2 Å². The van der Waals surface area contributed by atoms with Gasteiger partial charge in [0.1, 0.15) is 5.69 Å². The zero-order valence-corrected chi connectivity index (χ0v) is 16.8. The first-order valence-electron chi connectivity index (χ1n) is 9.60. The molecule has 0 saturated carbocycles. The van der Waals surface area contributed by atoms with Crippen molar-refractivity contribution in [2.24, 2.45) is 0 Å². The van der Waals surface area contributed by atoms with Crippen molar-refractivity contribution in [3.8, 4) is 11.3 Å². The van der Waals surface area contributed by atoms with Crippen LogP contribution in [-0.4, -0.2) is 39.0 Å². The molecular formula is C21H21ClF3N5. The number of hydrogen-bond acceptors (Lipinski definition) is 4. The predicted octanol–water partition coefficient (Wildman–Crippen LogP) is 3.91. The summed E-state index contributed by atoms with van der Waals surface area (Å²) in [5.74, 6) is 0. The molecule has 2 aliphatic rings. The van der Waals surface area contributed by atoms with Gasteiger partial charge in [-0.2, -0.15) is 13.2 Å². The van der Waals surface area contributed by atoms with Gasteiger partial charge in [0, 0.05) is 37.8 Å². The Morgan fingerprint density at radius 3 is 2.43 bits per heavy atom. The molecule has 0 radical (unpaired) electrons. The molecule has 9 heteroatoms. The van der Waals surface area contributed by atoms with Gasteiger partial charge in [0.05, 0.1) is 17.3 Å². The number of halogens is 4. The number of aromatic nitrogens is 3. The molecule has 1 fully saturated rings. The first-order valence-corrected chi connectivity index (χ1v) is 9.60. The fraction of sp³-hybridized carbons (Fsp3) is 0.333. The summed E-state index contributed by atoms with van der Waals surface area (Å²) in [6.07, 6.45) is -4.30. The van der Waals surface area contributed by atoms with Crippen molar-refractivity contribution in [1.29, 1.82) is 0 Å². The molecule has 0 bridgehead atoms. The highest BCUT2D eigenvalue weighted by Crippen LogP contribution is 2.33. The molecule has 3 heterocycles. The number of hydrogen-bond donors (Lipinski definition) is 1. The molecule has 0 spiro atoms. The average Bonchev–Trinajstić information content (AvgIpc) is 3.31. The normalized spacial score (nSPS) is 21.0. The Balaban J connectivity index is 0.00000218. The molecule has 2 atom stereocenters. The molecule has 2 aliphatic heterocycles. The second-order valence-electron chi connectivity index (χ2n) is 7.64. The molecule has 1 N–H and O–H groups in total. The Kier molecular flexibility index (Phi) is 5.57. The van der Waals surface area contributed by atoms with Gasteiger partial charge in [0.15, 0.2) is 0 Å². The number of nitrogens with one attached hydrogen (secondary N) is 1. The highest BCUT2D eigenvalue weighted by atomic mass is 35.5. The molecule has 5 nitrogen and oxygen atoms in total. The van der Waals surface area contributed by atoms with Crippen LogP contribution in [0.15, 0.2) is 54.6 Å². The van der Waals surface area contributed by atoms with E-state index in [9.17, 15) is 13.2 Å². The van der Waals surface area contributed by atoms with E-state index >= 15 is 0 Å². The lowest BCUT2D eigenvalue weighted by Crippen LogP contribution is -2.42. The minimum atomic E-state index is -4.30. The molecule has 5 rings (SSSR count). The number of fused-ring (bicyclic) bond motifs is 3. The third-order valence-electron chi connectivity index (χ3n) is 5.74. The van der Waals surface area contributed by atoms with Crippen LogP contribution >= 0.6 is 12.4 Å². The van der Waals surface area contributed by atoms with E-state index in [4.69, 9.17) is 0 Å². The third-order valence-corrected chi connectivity index (χ3v) is 5.74. The van der Waals surface area contributed by atoms with E-state index in [0.717, 1.165) is 47.7 Å². The third kappa shape index (κ3) is 3.82. The van der Waals surface area contributed by atoms with E-state index in [1.807, 2.05) is 35.0 Å². The van der Waals surface area contributed by atoms with Crippen molar-refractivity contribution in [3.05, 3.63) is 71.4 Å². The van der Waals surface area contributed by atoms with Crippen molar-refractivity contribution in [2.75, 3.05) is 13.1 Å². The highest BCUT2D eigenvalue weighted by Gasteiger charge is 2.39. The Morgan fingerprint density at radius 1 is 1.00 bits per heavy atom. The number of benzene rings is 2. The van der Waals surface area contributed by atoms with Crippen LogP contribution in [0.3, 0.4) is 0 Å². The standard InChI is InChI=1S/C21H20F3N5.ClH/c22-21(23,24)16-8-6-14(7-9-16)11-28-12-17-19(13-28)29-18(10-25-17)20(26-27-29)15-4-2-1-3-5-15;/h1-9,17,19,25H,10-13H2;1H/t17-,19-;/m1./s1. The van der Waals surface area contributed by atoms with Crippen molar-refractivity contribution >= 4 is 12.4 Å². The van der Waals surface area contributed by atoms with Crippen LogP contribution in [0.4, 0.5) is 13.2 Å². The van der Waals surface area contributed by atoms with Crippen LogP contribution < -0.4 is 5.32 Å². The van der Waals surface area contributed by atoms with E-state index in [0.29, 0.717) is 13.1 Å². The fourth-order valence-corrected chi connectivity index (χ4v) is 4.29. The van der Waals surface area contributed by atoms with Crippen LogP contribution in [0.2, 0.25) is 0 Å². The molecule has 158 valence electrons. The number of alkyl halides is 3. The Labute approximate surface area is 178 Å². The van der Waals surface area contributed by atoms with Gasteiger partial charge < -0.3 is 5.32 Å². The maximum atomic E-state index is 12.8. The smallest absolute Gasteiger partial charge is 0.305 e. The largest absolute Gasteiger partial charge is 0.416 e. The van der Waals surface area contributed by atoms with Gasteiger partial charge in [0.25, 0.3) is 0 Å².